The Kier molecular flexibility index (Phi) is 6.67. The van der Waals surface area contributed by atoms with Crippen molar-refractivity contribution in [1.29, 1.82) is 0 Å². The lowest BCUT2D eigenvalue weighted by Gasteiger charge is -2.15. The van der Waals surface area contributed by atoms with Crippen molar-refractivity contribution in [2.75, 3.05) is 0 Å². The molecule has 7 heteroatoms. The summed E-state index contributed by atoms with van der Waals surface area (Å²) < 4.78 is 75.7. The van der Waals surface area contributed by atoms with Crippen molar-refractivity contribution in [2.24, 2.45) is 5.92 Å². The van der Waals surface area contributed by atoms with Crippen LogP contribution in [0.1, 0.15) is 29.9 Å². The lowest BCUT2D eigenvalue weighted by atomic mass is 9.92. The van der Waals surface area contributed by atoms with Crippen LogP contribution in [-0.4, -0.2) is 6.36 Å². The number of benzene rings is 3. The molecule has 1 aliphatic carbocycles. The third kappa shape index (κ3) is 6.57. The molecule has 0 N–H and O–H groups in total. The average molecular weight is 460 g/mol. The molecule has 4 rings (SSSR count). The first-order chi connectivity index (χ1) is 15.8. The standard InChI is InChI=1S/C26H21F5O2/c27-20(14-17-6-13-24(28)25(15-17)32-21-4-2-1-3-5-21)16-23(18-7-8-18)19-9-11-22(12-10-19)33-26(29,30)31/h1-6,9-13,15-16,18,23H,7-8,14H2. The number of para-hydroxylation sites is 1. The second kappa shape index (κ2) is 9.65. The van der Waals surface area contributed by atoms with E-state index in [1.165, 1.54) is 48.5 Å². The van der Waals surface area contributed by atoms with Crippen LogP contribution in [0.5, 0.6) is 17.2 Å². The number of ether oxygens (including phenoxy) is 2. The molecule has 0 radical (unpaired) electrons. The molecule has 1 aliphatic rings. The zero-order chi connectivity index (χ0) is 23.4. The van der Waals surface area contributed by atoms with Crippen LogP contribution in [0.25, 0.3) is 0 Å². The zero-order valence-corrected chi connectivity index (χ0v) is 17.5. The summed E-state index contributed by atoms with van der Waals surface area (Å²) in [6.45, 7) is 0. The summed E-state index contributed by atoms with van der Waals surface area (Å²) in [7, 11) is 0. The first-order valence-electron chi connectivity index (χ1n) is 10.5. The van der Waals surface area contributed by atoms with Gasteiger partial charge >= 0.3 is 6.36 Å². The highest BCUT2D eigenvalue weighted by molar-refractivity contribution is 5.37. The maximum Gasteiger partial charge on any atom is 0.573 e. The van der Waals surface area contributed by atoms with Gasteiger partial charge in [-0.3, -0.25) is 0 Å². The number of rotatable bonds is 8. The normalized spacial score (nSPS) is 15.2. The lowest BCUT2D eigenvalue weighted by molar-refractivity contribution is -0.274. The summed E-state index contributed by atoms with van der Waals surface area (Å²) in [6, 6.07) is 18.4. The number of allylic oxidation sites excluding steroid dienone is 2. The molecule has 3 aromatic rings. The molecule has 172 valence electrons. The molecule has 0 aromatic heterocycles. The smallest absolute Gasteiger partial charge is 0.454 e. The fraction of sp³-hybridized carbons (Fsp3) is 0.231. The van der Waals surface area contributed by atoms with Crippen LogP contribution in [-0.2, 0) is 6.42 Å². The highest BCUT2D eigenvalue weighted by Crippen LogP contribution is 2.44. The van der Waals surface area contributed by atoms with Crippen LogP contribution < -0.4 is 9.47 Å². The molecule has 0 saturated heterocycles. The molecule has 33 heavy (non-hydrogen) atoms. The molecule has 0 spiro atoms. The molecule has 1 unspecified atom stereocenters. The van der Waals surface area contributed by atoms with Gasteiger partial charge in [0.25, 0.3) is 0 Å². The van der Waals surface area contributed by atoms with E-state index in [4.69, 9.17) is 4.74 Å². The van der Waals surface area contributed by atoms with Gasteiger partial charge in [0.15, 0.2) is 11.6 Å². The van der Waals surface area contributed by atoms with Crippen LogP contribution in [0.15, 0.2) is 84.7 Å². The zero-order valence-electron chi connectivity index (χ0n) is 17.5. The van der Waals surface area contributed by atoms with Gasteiger partial charge in [0.2, 0.25) is 0 Å². The summed E-state index contributed by atoms with van der Waals surface area (Å²) in [5.74, 6) is -0.825. The predicted octanol–water partition coefficient (Wildman–Crippen LogP) is 8.11. The summed E-state index contributed by atoms with van der Waals surface area (Å²) in [6.07, 6.45) is -1.48. The van der Waals surface area contributed by atoms with Crippen molar-refractivity contribution in [3.63, 3.8) is 0 Å². The van der Waals surface area contributed by atoms with E-state index < -0.39 is 18.0 Å². The highest BCUT2D eigenvalue weighted by Gasteiger charge is 2.33. The molecular formula is C26H21F5O2. The third-order valence-electron chi connectivity index (χ3n) is 5.33. The first-order valence-corrected chi connectivity index (χ1v) is 10.5. The first kappa shape index (κ1) is 22.8. The number of hydrogen-bond donors (Lipinski definition) is 0. The molecule has 0 heterocycles. The minimum absolute atomic E-state index is 0.00509. The maximum absolute atomic E-state index is 14.9. The Morgan fingerprint density at radius 2 is 1.64 bits per heavy atom. The van der Waals surface area contributed by atoms with Gasteiger partial charge in [0.05, 0.1) is 0 Å². The maximum atomic E-state index is 14.9. The molecule has 1 fully saturated rings. The topological polar surface area (TPSA) is 18.5 Å². The Bertz CT molecular complexity index is 1100. The van der Waals surface area contributed by atoms with E-state index in [1.54, 1.807) is 24.3 Å². The fourth-order valence-corrected chi connectivity index (χ4v) is 3.65. The average Bonchev–Trinajstić information content (AvgIpc) is 3.60. The molecular weight excluding hydrogens is 439 g/mol. The van der Waals surface area contributed by atoms with Crippen molar-refractivity contribution in [2.45, 2.75) is 31.5 Å². The second-order valence-corrected chi connectivity index (χ2v) is 7.95. The van der Waals surface area contributed by atoms with Gasteiger partial charge in [-0.1, -0.05) is 36.4 Å². The van der Waals surface area contributed by atoms with Crippen molar-refractivity contribution in [1.82, 2.24) is 0 Å². The van der Waals surface area contributed by atoms with E-state index in [2.05, 4.69) is 4.74 Å². The molecule has 0 amide bonds. The summed E-state index contributed by atoms with van der Waals surface area (Å²) in [4.78, 5) is 0. The largest absolute Gasteiger partial charge is 0.573 e. The molecule has 1 atom stereocenters. The van der Waals surface area contributed by atoms with Crippen molar-refractivity contribution in [3.8, 4) is 17.2 Å². The Hall–Kier alpha value is -3.35. The van der Waals surface area contributed by atoms with E-state index in [0.29, 0.717) is 11.3 Å². The minimum atomic E-state index is -4.76. The molecule has 3 aromatic carbocycles. The second-order valence-electron chi connectivity index (χ2n) is 7.95. The van der Waals surface area contributed by atoms with E-state index >= 15 is 0 Å². The Morgan fingerprint density at radius 1 is 0.939 bits per heavy atom. The number of hydrogen-bond acceptors (Lipinski definition) is 2. The van der Waals surface area contributed by atoms with E-state index in [1.807, 2.05) is 6.07 Å². The van der Waals surface area contributed by atoms with Gasteiger partial charge in [-0.05, 0) is 72.4 Å². The van der Waals surface area contributed by atoms with Gasteiger partial charge in [-0.25, -0.2) is 8.78 Å². The molecule has 1 saturated carbocycles. The predicted molar refractivity (Wildman–Crippen MR) is 114 cm³/mol. The van der Waals surface area contributed by atoms with Crippen molar-refractivity contribution >= 4 is 0 Å². The quantitative estimate of drug-likeness (QED) is 0.316. The van der Waals surface area contributed by atoms with Crippen LogP contribution in [0.2, 0.25) is 0 Å². The monoisotopic (exact) mass is 460 g/mol. The van der Waals surface area contributed by atoms with Crippen LogP contribution >= 0.6 is 0 Å². The van der Waals surface area contributed by atoms with Gasteiger partial charge in [-0.15, -0.1) is 13.2 Å². The summed E-state index contributed by atoms with van der Waals surface area (Å²) >= 11 is 0. The highest BCUT2D eigenvalue weighted by atomic mass is 19.4. The molecule has 0 bridgehead atoms. The minimum Gasteiger partial charge on any atom is -0.454 e. The van der Waals surface area contributed by atoms with Gasteiger partial charge < -0.3 is 9.47 Å². The van der Waals surface area contributed by atoms with Gasteiger partial charge in [0, 0.05) is 12.3 Å². The van der Waals surface area contributed by atoms with Gasteiger partial charge in [-0.2, -0.15) is 0 Å². The van der Waals surface area contributed by atoms with Gasteiger partial charge in [0.1, 0.15) is 17.3 Å². The Morgan fingerprint density at radius 3 is 2.27 bits per heavy atom. The summed E-state index contributed by atoms with van der Waals surface area (Å²) in [5, 5.41) is 0. The molecule has 2 nitrogen and oxygen atoms in total. The van der Waals surface area contributed by atoms with Crippen LogP contribution in [0.4, 0.5) is 22.0 Å². The SMILES string of the molecule is FC(=CC(c1ccc(OC(F)(F)F)cc1)C1CC1)Cc1ccc(F)c(Oc2ccccc2)c1. The number of alkyl halides is 3. The number of halogens is 5. The summed E-state index contributed by atoms with van der Waals surface area (Å²) in [5.41, 5.74) is 1.26. The third-order valence-corrected chi connectivity index (χ3v) is 5.33. The Balaban J connectivity index is 1.48. The molecule has 0 aliphatic heterocycles. The van der Waals surface area contributed by atoms with E-state index in [9.17, 15) is 22.0 Å². The van der Waals surface area contributed by atoms with Crippen molar-refractivity contribution < 1.29 is 31.4 Å². The van der Waals surface area contributed by atoms with Crippen LogP contribution in [0.3, 0.4) is 0 Å². The lowest BCUT2D eigenvalue weighted by Crippen LogP contribution is -2.17. The van der Waals surface area contributed by atoms with Crippen LogP contribution in [0, 0.1) is 11.7 Å². The fourth-order valence-electron chi connectivity index (χ4n) is 3.65. The van der Waals surface area contributed by atoms with Crippen molar-refractivity contribution in [3.05, 3.63) is 102 Å². The Labute approximate surface area is 188 Å². The van der Waals surface area contributed by atoms with E-state index in [-0.39, 0.29) is 29.8 Å². The van der Waals surface area contributed by atoms with E-state index in [0.717, 1.165) is 18.4 Å².